The summed E-state index contributed by atoms with van der Waals surface area (Å²) in [5.74, 6) is -0.401. The van der Waals surface area contributed by atoms with E-state index in [0.29, 0.717) is 5.56 Å². The average Bonchev–Trinajstić information content (AvgIpc) is 2.62. The van der Waals surface area contributed by atoms with E-state index < -0.39 is 5.91 Å². The van der Waals surface area contributed by atoms with E-state index >= 15 is 0 Å². The molecule has 0 saturated carbocycles. The van der Waals surface area contributed by atoms with Gasteiger partial charge in [0.25, 0.3) is 0 Å². The lowest BCUT2D eigenvalue weighted by Gasteiger charge is -2.06. The number of nitrogens with two attached hydrogens (primary N) is 1. The van der Waals surface area contributed by atoms with Gasteiger partial charge < -0.3 is 5.73 Å². The Bertz CT molecular complexity index is 800. The molecule has 0 aliphatic carbocycles. The molecule has 0 unspecified atom stereocenters. The van der Waals surface area contributed by atoms with E-state index in [-0.39, 0.29) is 0 Å². The molecule has 0 aliphatic heterocycles. The van der Waals surface area contributed by atoms with E-state index in [2.05, 4.69) is 55.5 Å². The molecule has 23 heavy (non-hydrogen) atoms. The average molecular weight is 301 g/mol. The highest BCUT2D eigenvalue weighted by molar-refractivity contribution is 5.93. The van der Waals surface area contributed by atoms with Gasteiger partial charge in [0.1, 0.15) is 0 Å². The zero-order valence-electron chi connectivity index (χ0n) is 13.1. The van der Waals surface area contributed by atoms with Crippen molar-refractivity contribution in [2.75, 3.05) is 0 Å². The normalized spacial score (nSPS) is 10.5. The molecule has 0 radical (unpaired) electrons. The van der Waals surface area contributed by atoms with Crippen molar-refractivity contribution in [3.8, 4) is 22.3 Å². The Kier molecular flexibility index (Phi) is 4.24. The Hall–Kier alpha value is -2.87. The lowest BCUT2D eigenvalue weighted by atomic mass is 9.99. The van der Waals surface area contributed by atoms with E-state index in [1.807, 2.05) is 12.1 Å². The molecular weight excluding hydrogens is 282 g/mol. The molecule has 114 valence electrons. The summed E-state index contributed by atoms with van der Waals surface area (Å²) in [6.45, 7) is 2.16. The van der Waals surface area contributed by atoms with Crippen molar-refractivity contribution in [3.05, 3.63) is 83.9 Å². The number of primary amides is 1. The van der Waals surface area contributed by atoms with Crippen LogP contribution in [0.1, 0.15) is 22.8 Å². The number of aryl methyl sites for hydroxylation is 1. The highest BCUT2D eigenvalue weighted by atomic mass is 16.1. The maximum Gasteiger partial charge on any atom is 0.248 e. The van der Waals surface area contributed by atoms with Crippen LogP contribution in [0.25, 0.3) is 22.3 Å². The van der Waals surface area contributed by atoms with Gasteiger partial charge in [-0.15, -0.1) is 0 Å². The Morgan fingerprint density at radius 3 is 1.39 bits per heavy atom. The molecule has 0 aliphatic rings. The molecule has 0 aromatic heterocycles. The van der Waals surface area contributed by atoms with E-state index in [1.54, 1.807) is 12.1 Å². The predicted octanol–water partition coefficient (Wildman–Crippen LogP) is 4.68. The number of hydrogen-bond acceptors (Lipinski definition) is 1. The Labute approximate surface area is 136 Å². The summed E-state index contributed by atoms with van der Waals surface area (Å²) in [5, 5.41) is 0. The molecular formula is C21H19NO. The Morgan fingerprint density at radius 2 is 1.04 bits per heavy atom. The monoisotopic (exact) mass is 301 g/mol. The first-order chi connectivity index (χ1) is 11.2. The van der Waals surface area contributed by atoms with Gasteiger partial charge in [0.2, 0.25) is 5.91 Å². The van der Waals surface area contributed by atoms with Crippen LogP contribution in [0.2, 0.25) is 0 Å². The standard InChI is InChI=1S/C21H19NO/c1-2-15-3-5-16(6-4-15)17-7-9-18(10-8-17)19-11-13-20(14-12-19)21(22)23/h3-14H,2H2,1H3,(H2,22,23). The van der Waals surface area contributed by atoms with Crippen LogP contribution >= 0.6 is 0 Å². The lowest BCUT2D eigenvalue weighted by Crippen LogP contribution is -2.10. The number of benzene rings is 3. The molecule has 0 saturated heterocycles. The topological polar surface area (TPSA) is 43.1 Å². The first-order valence-electron chi connectivity index (χ1n) is 7.77. The molecule has 0 heterocycles. The van der Waals surface area contributed by atoms with Gasteiger partial charge in [-0.1, -0.05) is 67.6 Å². The third-order valence-corrected chi connectivity index (χ3v) is 4.08. The Balaban J connectivity index is 1.84. The first kappa shape index (κ1) is 15.0. The number of carbonyl (C=O) groups excluding carboxylic acids is 1. The SMILES string of the molecule is CCc1ccc(-c2ccc(-c3ccc(C(N)=O)cc3)cc2)cc1. The second-order valence-electron chi connectivity index (χ2n) is 5.57. The van der Waals surface area contributed by atoms with Crippen LogP contribution in [0.5, 0.6) is 0 Å². The van der Waals surface area contributed by atoms with E-state index in [0.717, 1.165) is 17.5 Å². The molecule has 0 bridgehead atoms. The highest BCUT2D eigenvalue weighted by Crippen LogP contribution is 2.25. The molecule has 0 atom stereocenters. The molecule has 3 rings (SSSR count). The van der Waals surface area contributed by atoms with Gasteiger partial charge in [0.15, 0.2) is 0 Å². The predicted molar refractivity (Wildman–Crippen MR) is 95.2 cm³/mol. The molecule has 0 spiro atoms. The summed E-state index contributed by atoms with van der Waals surface area (Å²) in [6, 6.07) is 24.5. The smallest absolute Gasteiger partial charge is 0.248 e. The van der Waals surface area contributed by atoms with Crippen LogP contribution in [0.15, 0.2) is 72.8 Å². The number of carbonyl (C=O) groups is 1. The number of rotatable bonds is 4. The minimum absolute atomic E-state index is 0.401. The molecule has 0 fully saturated rings. The lowest BCUT2D eigenvalue weighted by molar-refractivity contribution is 0.100. The summed E-state index contributed by atoms with van der Waals surface area (Å²) >= 11 is 0. The van der Waals surface area contributed by atoms with Gasteiger partial charge in [-0.05, 0) is 46.4 Å². The summed E-state index contributed by atoms with van der Waals surface area (Å²) in [6.07, 6.45) is 1.06. The first-order valence-corrected chi connectivity index (χ1v) is 7.77. The molecule has 2 nitrogen and oxygen atoms in total. The van der Waals surface area contributed by atoms with Crippen LogP contribution in [0.3, 0.4) is 0 Å². The molecule has 3 aromatic carbocycles. The molecule has 3 aromatic rings. The number of amides is 1. The molecule has 2 N–H and O–H groups in total. The van der Waals surface area contributed by atoms with Crippen LogP contribution in [-0.4, -0.2) is 5.91 Å². The third-order valence-electron chi connectivity index (χ3n) is 4.08. The van der Waals surface area contributed by atoms with Crippen LogP contribution in [0.4, 0.5) is 0 Å². The zero-order chi connectivity index (χ0) is 16.2. The van der Waals surface area contributed by atoms with Gasteiger partial charge in [0.05, 0.1) is 0 Å². The highest BCUT2D eigenvalue weighted by Gasteiger charge is 2.03. The van der Waals surface area contributed by atoms with Crippen LogP contribution < -0.4 is 5.73 Å². The zero-order valence-corrected chi connectivity index (χ0v) is 13.1. The van der Waals surface area contributed by atoms with Crippen molar-refractivity contribution >= 4 is 5.91 Å². The van der Waals surface area contributed by atoms with Crippen molar-refractivity contribution in [3.63, 3.8) is 0 Å². The van der Waals surface area contributed by atoms with Gasteiger partial charge in [-0.3, -0.25) is 4.79 Å². The second-order valence-corrected chi connectivity index (χ2v) is 5.57. The second kappa shape index (κ2) is 6.49. The fraction of sp³-hybridized carbons (Fsp3) is 0.0952. The van der Waals surface area contributed by atoms with Crippen LogP contribution in [-0.2, 0) is 6.42 Å². The molecule has 1 amide bonds. The van der Waals surface area contributed by atoms with Crippen molar-refractivity contribution in [2.24, 2.45) is 5.73 Å². The van der Waals surface area contributed by atoms with Crippen molar-refractivity contribution in [2.45, 2.75) is 13.3 Å². The van der Waals surface area contributed by atoms with Gasteiger partial charge in [0, 0.05) is 5.56 Å². The summed E-state index contributed by atoms with van der Waals surface area (Å²) in [7, 11) is 0. The van der Waals surface area contributed by atoms with Gasteiger partial charge in [-0.25, -0.2) is 0 Å². The minimum atomic E-state index is -0.401. The minimum Gasteiger partial charge on any atom is -0.366 e. The largest absolute Gasteiger partial charge is 0.366 e. The van der Waals surface area contributed by atoms with Gasteiger partial charge >= 0.3 is 0 Å². The van der Waals surface area contributed by atoms with Crippen LogP contribution in [0, 0.1) is 0 Å². The van der Waals surface area contributed by atoms with Crippen molar-refractivity contribution in [1.29, 1.82) is 0 Å². The molecule has 2 heteroatoms. The third kappa shape index (κ3) is 3.32. The van der Waals surface area contributed by atoms with E-state index in [4.69, 9.17) is 5.73 Å². The van der Waals surface area contributed by atoms with E-state index in [9.17, 15) is 4.79 Å². The Morgan fingerprint density at radius 1 is 0.696 bits per heavy atom. The maximum absolute atomic E-state index is 11.1. The summed E-state index contributed by atoms with van der Waals surface area (Å²) in [5.41, 5.74) is 11.8. The quantitative estimate of drug-likeness (QED) is 0.747. The fourth-order valence-corrected chi connectivity index (χ4v) is 2.61. The fourth-order valence-electron chi connectivity index (χ4n) is 2.61. The van der Waals surface area contributed by atoms with E-state index in [1.165, 1.54) is 16.7 Å². The number of hydrogen-bond donors (Lipinski definition) is 1. The summed E-state index contributed by atoms with van der Waals surface area (Å²) < 4.78 is 0. The van der Waals surface area contributed by atoms with Gasteiger partial charge in [-0.2, -0.15) is 0 Å². The maximum atomic E-state index is 11.1. The van der Waals surface area contributed by atoms with Crippen molar-refractivity contribution < 1.29 is 4.79 Å². The van der Waals surface area contributed by atoms with Crippen molar-refractivity contribution in [1.82, 2.24) is 0 Å². The summed E-state index contributed by atoms with van der Waals surface area (Å²) in [4.78, 5) is 11.1.